The number of nitrogens with zero attached hydrogens (tertiary/aromatic N) is 4. The number of likely N-dealkylation sites (tertiary alicyclic amines) is 1. The van der Waals surface area contributed by atoms with Crippen molar-refractivity contribution in [2.45, 2.75) is 133 Å². The number of oxime groups is 1. The number of fused-ring (bicyclic) bond motifs is 5. The smallest absolute Gasteiger partial charge is 0.409 e. The van der Waals surface area contributed by atoms with Crippen molar-refractivity contribution in [3.05, 3.63) is 46.5 Å². The molecule has 3 unspecified atom stereocenters. The van der Waals surface area contributed by atoms with E-state index in [4.69, 9.17) is 59.1 Å². The van der Waals surface area contributed by atoms with Gasteiger partial charge in [-0.05, 0) is 70.2 Å². The van der Waals surface area contributed by atoms with Crippen molar-refractivity contribution in [3.8, 4) is 5.75 Å². The van der Waals surface area contributed by atoms with Crippen LogP contribution in [0.5, 0.6) is 5.75 Å². The number of allylic oxidation sites excluding steroid dienone is 3. The lowest BCUT2D eigenvalue weighted by Crippen LogP contribution is -2.63. The molecule has 9 atom stereocenters. The Morgan fingerprint density at radius 1 is 0.913 bits per heavy atom. The molecule has 4 aliphatic heterocycles. The van der Waals surface area contributed by atoms with Crippen LogP contribution >= 0.6 is 46.9 Å². The maximum absolute atomic E-state index is 14.4. The second-order valence-electron chi connectivity index (χ2n) is 22.9. The van der Waals surface area contributed by atoms with Crippen molar-refractivity contribution in [2.24, 2.45) is 11.1 Å². The Kier molecular flexibility index (Phi) is 32.7. The Balaban J connectivity index is 0.997. The van der Waals surface area contributed by atoms with Gasteiger partial charge < -0.3 is 67.7 Å². The number of nitrogens with one attached hydrogen (secondary N) is 2. The zero-order valence-corrected chi connectivity index (χ0v) is 57.5. The Labute approximate surface area is 556 Å². The molecule has 4 heterocycles. The fourth-order valence-corrected chi connectivity index (χ4v) is 12.9. The van der Waals surface area contributed by atoms with Gasteiger partial charge in [-0.1, -0.05) is 47.5 Å². The summed E-state index contributed by atoms with van der Waals surface area (Å²) in [6.45, 7) is 7.99. The Bertz CT molecular complexity index is 2790. The average Bonchev–Trinajstić information content (AvgIpc) is 1.56. The number of benzene rings is 1. The predicted octanol–water partition coefficient (Wildman–Crippen LogP) is 4.75. The van der Waals surface area contributed by atoms with Crippen molar-refractivity contribution in [1.82, 2.24) is 20.4 Å². The molecule has 4 bridgehead atoms. The first-order chi connectivity index (χ1) is 43.9. The van der Waals surface area contributed by atoms with E-state index in [-0.39, 0.29) is 126 Å². The molecule has 6 amide bonds. The number of epoxide rings is 1. The van der Waals surface area contributed by atoms with E-state index in [1.165, 1.54) is 45.0 Å². The molecule has 0 saturated carbocycles. The summed E-state index contributed by atoms with van der Waals surface area (Å²) in [5, 5.41) is 20.5. The molecule has 1 aromatic rings. The van der Waals surface area contributed by atoms with Crippen LogP contribution < -0.4 is 20.3 Å². The third-order valence-electron chi connectivity index (χ3n) is 15.8. The zero-order valence-electron chi connectivity index (χ0n) is 54.3. The number of Topliss-reactive ketones (excluding diaryl/α,β-unsaturated/α-hetero) is 2. The Hall–Kier alpha value is -5.34. The standard InChI is InChI=1S/C62H91ClN6O20S3/c1-39-14-11-17-50(81-8)62(79)33-48(87-60(78)65-62)40(2)57-61(4,89-57)51(32-54(74)68(6)46-29-42(28-39)30-47(80-7)56(46)63)88-59(77)41(3)67(5)53(73)18-27-92-49-31-55(75)69(58(49)76)20-12-15-44(70)34-84-25-24-83-22-19-64-52(72)36-85-26-23-82-21-13-16-45(71)35-86-66-43(37-90-9)38-91-10/h11,14,17,29-30,40-41,48-51,57,79H,12-13,15-16,18-28,31-38H2,1-10H3,(H,64,72)(H,65,78)/b17-11+,39-14+/t40?,41-,48-,49?,50+,51?,57-,61-,62-/m1/s1. The van der Waals surface area contributed by atoms with Crippen molar-refractivity contribution in [2.75, 3.05) is 136 Å². The molecule has 0 radical (unpaired) electrons. The van der Waals surface area contributed by atoms with Crippen LogP contribution in [-0.4, -0.2) is 251 Å². The van der Waals surface area contributed by atoms with Gasteiger partial charge in [-0.3, -0.25) is 43.8 Å². The van der Waals surface area contributed by atoms with Gasteiger partial charge in [0, 0.05) is 96.2 Å². The van der Waals surface area contributed by atoms with Gasteiger partial charge in [0.05, 0.1) is 69.3 Å². The number of aliphatic hydroxyl groups is 1. The van der Waals surface area contributed by atoms with E-state index in [1.54, 1.807) is 61.7 Å². The summed E-state index contributed by atoms with van der Waals surface area (Å²) in [7, 11) is 5.83. The van der Waals surface area contributed by atoms with Crippen molar-refractivity contribution in [1.29, 1.82) is 0 Å². The van der Waals surface area contributed by atoms with Crippen LogP contribution in [0.4, 0.5) is 10.5 Å². The molecule has 514 valence electrons. The predicted molar refractivity (Wildman–Crippen MR) is 348 cm³/mol. The molecule has 3 saturated heterocycles. The second kappa shape index (κ2) is 38.9. The number of methoxy groups -OCH3 is 2. The lowest BCUT2D eigenvalue weighted by molar-refractivity contribution is -0.162. The van der Waals surface area contributed by atoms with E-state index >= 15 is 0 Å². The number of carbonyl (C=O) groups excluding carboxylic acids is 9. The normalized spacial score (nSPS) is 24.5. The van der Waals surface area contributed by atoms with E-state index in [9.17, 15) is 48.3 Å². The van der Waals surface area contributed by atoms with Gasteiger partial charge in [0.2, 0.25) is 29.5 Å². The zero-order chi connectivity index (χ0) is 67.5. The van der Waals surface area contributed by atoms with Gasteiger partial charge in [0.15, 0.2) is 23.9 Å². The highest BCUT2D eigenvalue weighted by molar-refractivity contribution is 8.01. The van der Waals surface area contributed by atoms with Crippen LogP contribution in [-0.2, 0) is 87.5 Å². The first-order valence-electron chi connectivity index (χ1n) is 30.5. The number of carbonyl (C=O) groups is 9. The van der Waals surface area contributed by atoms with Gasteiger partial charge in [-0.15, -0.1) is 11.8 Å². The van der Waals surface area contributed by atoms with E-state index in [2.05, 4.69) is 15.8 Å². The minimum absolute atomic E-state index is 0.0334. The van der Waals surface area contributed by atoms with Crippen LogP contribution in [0.25, 0.3) is 0 Å². The number of ketones is 2. The largest absolute Gasteiger partial charge is 0.495 e. The first kappa shape index (κ1) is 77.4. The first-order valence-corrected chi connectivity index (χ1v) is 34.7. The third kappa shape index (κ3) is 23.8. The summed E-state index contributed by atoms with van der Waals surface area (Å²) in [6, 6.07) is 2.34. The van der Waals surface area contributed by atoms with Crippen LogP contribution in [0.3, 0.4) is 0 Å². The minimum atomic E-state index is -1.90. The summed E-state index contributed by atoms with van der Waals surface area (Å²) in [5.74, 6) is -1.91. The fraction of sp³-hybridized carbons (Fsp3) is 0.677. The number of alkyl carbamates (subject to hydrolysis) is 1. The second-order valence-corrected chi connectivity index (χ2v) is 26.3. The number of thioether (sulfide) groups is 3. The summed E-state index contributed by atoms with van der Waals surface area (Å²) >= 11 is 11.3. The summed E-state index contributed by atoms with van der Waals surface area (Å²) in [6.07, 6.45) is 5.12. The van der Waals surface area contributed by atoms with E-state index in [0.29, 0.717) is 37.3 Å². The molecule has 30 heteroatoms. The number of esters is 1. The van der Waals surface area contributed by atoms with Crippen molar-refractivity contribution in [3.63, 3.8) is 0 Å². The number of rotatable bonds is 37. The fourth-order valence-electron chi connectivity index (χ4n) is 10.4. The van der Waals surface area contributed by atoms with Crippen LogP contribution in [0, 0.1) is 5.92 Å². The number of anilines is 1. The molecule has 92 heavy (non-hydrogen) atoms. The molecule has 3 fully saturated rings. The number of amides is 6. The van der Waals surface area contributed by atoms with Gasteiger partial charge >= 0.3 is 12.1 Å². The summed E-state index contributed by atoms with van der Waals surface area (Å²) in [5.41, 5.74) is -0.364. The monoisotopic (exact) mass is 1370 g/mol. The number of halogens is 1. The minimum Gasteiger partial charge on any atom is -0.495 e. The number of hydrogen-bond donors (Lipinski definition) is 3. The van der Waals surface area contributed by atoms with Gasteiger partial charge in [-0.25, -0.2) is 9.59 Å². The number of likely N-dealkylation sites (N-methyl/N-ethyl adjacent to an activating group) is 1. The molecule has 3 N–H and O–H groups in total. The van der Waals surface area contributed by atoms with Gasteiger partial charge in [0.1, 0.15) is 53.9 Å². The molecular weight excluding hydrogens is 1280 g/mol. The SMILES string of the molecule is COc1cc2cc(c1Cl)N(C)C(=O)CC(OC(=O)[C@@H](C)N(C)C(=O)CCSC1CC(=O)N(CCCC(=O)COCCOCCNC(=O)COCCOCCCC(=O)CON=C(CSC)CSC)C1=O)[C@@]1(C)O[C@@H]1C(C)[C@H]1C[C@](O)(NC(=O)O1)[C@@H](OC)/C=C/C=C(\C)C2. The average molecular weight is 1370 g/mol. The Morgan fingerprint density at radius 2 is 1.59 bits per heavy atom. The maximum atomic E-state index is 14.4. The third-order valence-corrected chi connectivity index (χ3v) is 18.6. The van der Waals surface area contributed by atoms with Crippen molar-refractivity contribution >= 4 is 111 Å². The Morgan fingerprint density at radius 3 is 2.28 bits per heavy atom. The summed E-state index contributed by atoms with van der Waals surface area (Å²) in [4.78, 5) is 127. The highest BCUT2D eigenvalue weighted by Gasteiger charge is 2.64. The lowest BCUT2D eigenvalue weighted by atomic mass is 9.83. The topological polar surface area (TPSA) is 316 Å². The quantitative estimate of drug-likeness (QED) is 0.0202. The van der Waals surface area contributed by atoms with Crippen LogP contribution in [0.15, 0.2) is 41.1 Å². The molecule has 1 aromatic carbocycles. The summed E-state index contributed by atoms with van der Waals surface area (Å²) < 4.78 is 51.1. The van der Waals surface area contributed by atoms with Gasteiger partial charge in [0.25, 0.3) is 0 Å². The van der Waals surface area contributed by atoms with E-state index in [0.717, 1.165) is 45.0 Å². The molecule has 0 aliphatic carbocycles. The molecular formula is C62H91ClN6O20S3. The van der Waals surface area contributed by atoms with Crippen LogP contribution in [0.1, 0.15) is 84.6 Å². The highest BCUT2D eigenvalue weighted by Crippen LogP contribution is 2.49. The maximum Gasteiger partial charge on any atom is 0.409 e. The van der Waals surface area contributed by atoms with E-state index < -0.39 is 95.1 Å². The number of hydrogen-bond acceptors (Lipinski definition) is 24. The molecule has 4 aliphatic rings. The van der Waals surface area contributed by atoms with Crippen molar-refractivity contribution < 1.29 is 95.7 Å². The molecule has 0 spiro atoms. The van der Waals surface area contributed by atoms with Gasteiger partial charge in [-0.2, -0.15) is 23.5 Å². The van der Waals surface area contributed by atoms with Crippen LogP contribution in [0.2, 0.25) is 5.02 Å². The molecule has 0 aromatic heterocycles. The molecule has 26 nitrogen and oxygen atoms in total. The number of ether oxygens (including phenoxy) is 9. The molecule has 5 rings (SSSR count). The number of imide groups is 1. The van der Waals surface area contributed by atoms with E-state index in [1.807, 2.05) is 25.5 Å². The lowest BCUT2D eigenvalue weighted by Gasteiger charge is -2.42. The highest BCUT2D eigenvalue weighted by atomic mass is 35.5.